The van der Waals surface area contributed by atoms with Crippen molar-refractivity contribution in [2.24, 2.45) is 11.3 Å². The first-order valence-corrected chi connectivity index (χ1v) is 7.84. The van der Waals surface area contributed by atoms with Crippen LogP contribution < -0.4 is 20.4 Å². The van der Waals surface area contributed by atoms with Gasteiger partial charge in [0.2, 0.25) is 0 Å². The highest BCUT2D eigenvalue weighted by Crippen LogP contribution is 2.29. The van der Waals surface area contributed by atoms with E-state index < -0.39 is 0 Å². The van der Waals surface area contributed by atoms with Crippen molar-refractivity contribution in [1.82, 2.24) is 10.6 Å². The second-order valence-electron chi connectivity index (χ2n) is 6.80. The molecule has 4 saturated heterocycles. The van der Waals surface area contributed by atoms with E-state index in [1.54, 1.807) is 0 Å². The van der Waals surface area contributed by atoms with E-state index >= 15 is 0 Å². The highest BCUT2D eigenvalue weighted by atomic mass is 32.1. The van der Waals surface area contributed by atoms with Gasteiger partial charge in [-0.1, -0.05) is 6.08 Å². The van der Waals surface area contributed by atoms with Crippen LogP contribution in [-0.2, 0) is 0 Å². The maximum atomic E-state index is 5.42. The Kier molecular flexibility index (Phi) is 3.53. The fraction of sp³-hybridized carbons (Fsp3) is 0.786. The van der Waals surface area contributed by atoms with Crippen LogP contribution in [0.1, 0.15) is 6.92 Å². The molecule has 3 atom stereocenters. The molecule has 4 rings (SSSR count). The molecule has 4 fully saturated rings. The molecule has 5 heteroatoms. The number of nitrogens with one attached hydrogen (secondary N) is 4. The van der Waals surface area contributed by atoms with Crippen LogP contribution >= 0.6 is 12.2 Å². The van der Waals surface area contributed by atoms with Crippen LogP contribution in [0.3, 0.4) is 0 Å². The van der Waals surface area contributed by atoms with E-state index in [0.29, 0.717) is 11.5 Å². The number of hydrogen-bond acceptors (Lipinski definition) is 1. The first-order chi connectivity index (χ1) is 9.10. The van der Waals surface area contributed by atoms with Crippen LogP contribution in [0, 0.1) is 11.3 Å². The van der Waals surface area contributed by atoms with Gasteiger partial charge in [0.05, 0.1) is 43.6 Å². The quantitative estimate of drug-likeness (QED) is 0.339. The Morgan fingerprint density at radius 2 is 2.00 bits per heavy atom. The molecule has 0 amide bonds. The van der Waals surface area contributed by atoms with Crippen LogP contribution in [0.4, 0.5) is 0 Å². The number of rotatable bonds is 3. The van der Waals surface area contributed by atoms with E-state index in [2.05, 4.69) is 24.1 Å². The van der Waals surface area contributed by atoms with E-state index in [4.69, 9.17) is 12.2 Å². The minimum Gasteiger partial charge on any atom is -0.359 e. The summed E-state index contributed by atoms with van der Waals surface area (Å²) in [5, 5.41) is 7.62. The first kappa shape index (κ1) is 13.3. The lowest BCUT2D eigenvalue weighted by Crippen LogP contribution is -3.17. The monoisotopic (exact) mass is 282 g/mol. The predicted octanol–water partition coefficient (Wildman–Crippen LogP) is -2.56. The summed E-state index contributed by atoms with van der Waals surface area (Å²) in [6.07, 6.45) is 1.85. The standard InChI is InChI=1S/C14H24N4S/c1-3-4-15-13(19)16-12-11-7-17-5-6-18(8-11)10-14(12,2)9-17/h3,11-12H,1,4-10H2,2H3,(H2,15,16,19)/p+2/t11?,12-,14?/m0/s1. The number of piperidine rings is 2. The molecule has 0 aromatic rings. The third-order valence-electron chi connectivity index (χ3n) is 5.16. The van der Waals surface area contributed by atoms with Gasteiger partial charge in [-0.2, -0.15) is 0 Å². The summed E-state index contributed by atoms with van der Waals surface area (Å²) in [4.78, 5) is 3.62. The van der Waals surface area contributed by atoms with Gasteiger partial charge in [-0.25, -0.2) is 0 Å². The molecule has 4 heterocycles. The van der Waals surface area contributed by atoms with Crippen LogP contribution in [0.25, 0.3) is 0 Å². The maximum Gasteiger partial charge on any atom is 0.166 e. The highest BCUT2D eigenvalue weighted by Gasteiger charge is 2.56. The summed E-state index contributed by atoms with van der Waals surface area (Å²) in [6.45, 7) is 14.9. The fourth-order valence-electron chi connectivity index (χ4n) is 4.57. The second kappa shape index (κ2) is 5.04. The molecule has 4 nitrogen and oxygen atoms in total. The summed E-state index contributed by atoms with van der Waals surface area (Å²) < 4.78 is 0. The van der Waals surface area contributed by atoms with E-state index in [9.17, 15) is 0 Å². The Morgan fingerprint density at radius 3 is 2.53 bits per heavy atom. The van der Waals surface area contributed by atoms with Crippen molar-refractivity contribution in [3.63, 3.8) is 0 Å². The van der Waals surface area contributed by atoms with Crippen molar-refractivity contribution in [2.45, 2.75) is 13.0 Å². The zero-order valence-corrected chi connectivity index (χ0v) is 12.6. The van der Waals surface area contributed by atoms with Crippen LogP contribution in [0.2, 0.25) is 0 Å². The smallest absolute Gasteiger partial charge is 0.166 e. The third kappa shape index (κ3) is 2.51. The number of thiocarbonyl (C=S) groups is 1. The van der Waals surface area contributed by atoms with Crippen LogP contribution in [-0.4, -0.2) is 57.0 Å². The molecule has 4 aliphatic heterocycles. The van der Waals surface area contributed by atoms with Crippen LogP contribution in [0.15, 0.2) is 12.7 Å². The van der Waals surface area contributed by atoms with Crippen molar-refractivity contribution in [1.29, 1.82) is 0 Å². The van der Waals surface area contributed by atoms with E-state index in [1.165, 1.54) is 39.3 Å². The molecule has 0 aromatic heterocycles. The van der Waals surface area contributed by atoms with E-state index in [-0.39, 0.29) is 0 Å². The van der Waals surface area contributed by atoms with Gasteiger partial charge >= 0.3 is 0 Å². The van der Waals surface area contributed by atoms with E-state index in [0.717, 1.165) is 17.6 Å². The Bertz CT molecular complexity index is 368. The normalized spacial score (nSPS) is 43.6. The third-order valence-corrected chi connectivity index (χ3v) is 5.42. The molecule has 0 aromatic carbocycles. The topological polar surface area (TPSA) is 32.9 Å². The fourth-order valence-corrected chi connectivity index (χ4v) is 4.78. The molecule has 4 bridgehead atoms. The molecule has 0 radical (unpaired) electrons. The van der Waals surface area contributed by atoms with Gasteiger partial charge in [0.15, 0.2) is 5.11 Å². The summed E-state index contributed by atoms with van der Waals surface area (Å²) in [5.41, 5.74) is 0.391. The van der Waals surface area contributed by atoms with E-state index in [1.807, 2.05) is 15.9 Å². The Morgan fingerprint density at radius 1 is 1.37 bits per heavy atom. The van der Waals surface area contributed by atoms with Gasteiger partial charge in [0, 0.05) is 6.54 Å². The number of hydrogen-bond donors (Lipinski definition) is 4. The summed E-state index contributed by atoms with van der Waals surface area (Å²) in [5.74, 6) is 0.767. The molecular formula is C14H26N4S+2. The Balaban J connectivity index is 1.72. The molecule has 106 valence electrons. The molecule has 0 spiro atoms. The van der Waals surface area contributed by atoms with Crippen LogP contribution in [0.5, 0.6) is 0 Å². The molecular weight excluding hydrogens is 256 g/mol. The van der Waals surface area contributed by atoms with Gasteiger partial charge in [0.1, 0.15) is 13.1 Å². The maximum absolute atomic E-state index is 5.42. The Hall–Kier alpha value is -0.650. The molecule has 4 N–H and O–H groups in total. The van der Waals surface area contributed by atoms with Gasteiger partial charge in [-0.3, -0.25) is 0 Å². The zero-order valence-electron chi connectivity index (χ0n) is 11.8. The lowest BCUT2D eigenvalue weighted by molar-refractivity contribution is -0.918. The number of fused-ring (bicyclic) bond motifs is 1. The largest absolute Gasteiger partial charge is 0.359 e. The van der Waals surface area contributed by atoms with Crippen molar-refractivity contribution in [3.05, 3.63) is 12.7 Å². The zero-order chi connectivity index (χ0) is 13.5. The predicted molar refractivity (Wildman–Crippen MR) is 80.4 cm³/mol. The SMILES string of the molecule is C=CCNC(=S)N[C@H]1C2C[NH+]3CC[NH+](C2)CC1(C)C3. The van der Waals surface area contributed by atoms with Gasteiger partial charge in [0.25, 0.3) is 0 Å². The van der Waals surface area contributed by atoms with Gasteiger partial charge in [-0.05, 0) is 19.1 Å². The first-order valence-electron chi connectivity index (χ1n) is 7.43. The molecule has 0 saturated carbocycles. The molecule has 19 heavy (non-hydrogen) atoms. The summed E-state index contributed by atoms with van der Waals surface area (Å²) in [6, 6.07) is 0.544. The van der Waals surface area contributed by atoms with Crippen molar-refractivity contribution in [3.8, 4) is 0 Å². The lowest BCUT2D eigenvalue weighted by Gasteiger charge is -2.49. The molecule has 0 aliphatic carbocycles. The summed E-state index contributed by atoms with van der Waals surface area (Å²) >= 11 is 5.42. The van der Waals surface area contributed by atoms with Crippen molar-refractivity contribution >= 4 is 17.3 Å². The summed E-state index contributed by atoms with van der Waals surface area (Å²) in [7, 11) is 0. The second-order valence-corrected chi connectivity index (χ2v) is 7.20. The minimum absolute atomic E-state index is 0.391. The lowest BCUT2D eigenvalue weighted by atomic mass is 9.69. The molecule has 2 unspecified atom stereocenters. The van der Waals surface area contributed by atoms with Crippen molar-refractivity contribution < 1.29 is 9.80 Å². The highest BCUT2D eigenvalue weighted by molar-refractivity contribution is 7.80. The van der Waals surface area contributed by atoms with Crippen molar-refractivity contribution in [2.75, 3.05) is 45.8 Å². The average Bonchev–Trinajstić information content (AvgIpc) is 2.59. The average molecular weight is 282 g/mol. The Labute approximate surface area is 121 Å². The molecule has 4 aliphatic rings. The minimum atomic E-state index is 0.391. The van der Waals surface area contributed by atoms with Gasteiger partial charge < -0.3 is 20.4 Å². The number of quaternary nitrogens is 2. The van der Waals surface area contributed by atoms with Gasteiger partial charge in [-0.15, -0.1) is 6.58 Å².